The van der Waals surface area contributed by atoms with Gasteiger partial charge in [0.2, 0.25) is 5.91 Å². The summed E-state index contributed by atoms with van der Waals surface area (Å²) < 4.78 is 39.0. The number of nitrogens with zero attached hydrogens (tertiary/aromatic N) is 3. The molecule has 2 aromatic rings. The smallest absolute Gasteiger partial charge is 0.301 e. The van der Waals surface area contributed by atoms with E-state index in [1.165, 1.54) is 24.3 Å². The standard InChI is InChI=1S/C14H11F3N4OS2/c1-7-3-10(14(15,16)17)9(4-18)12(19-7)23-6-11(22)21-13-20-8(2)5-24-13/h3,5H,6H2,1-2H3,(H,20,21,22). The van der Waals surface area contributed by atoms with Crippen LogP contribution in [0.15, 0.2) is 16.5 Å². The number of alkyl halides is 3. The number of thioether (sulfide) groups is 1. The number of hydrogen-bond donors (Lipinski definition) is 1. The molecule has 0 aliphatic carbocycles. The number of aromatic nitrogens is 2. The average molecular weight is 372 g/mol. The van der Waals surface area contributed by atoms with Crippen molar-refractivity contribution in [2.24, 2.45) is 0 Å². The minimum Gasteiger partial charge on any atom is -0.301 e. The summed E-state index contributed by atoms with van der Waals surface area (Å²) in [6.45, 7) is 3.17. The molecule has 0 aliphatic rings. The van der Waals surface area contributed by atoms with Gasteiger partial charge < -0.3 is 5.32 Å². The van der Waals surface area contributed by atoms with Crippen LogP contribution in [0.2, 0.25) is 0 Å². The number of thiazole rings is 1. The van der Waals surface area contributed by atoms with Crippen LogP contribution < -0.4 is 5.32 Å². The van der Waals surface area contributed by atoms with Crippen molar-refractivity contribution in [3.63, 3.8) is 0 Å². The number of amides is 1. The van der Waals surface area contributed by atoms with Crippen molar-refractivity contribution in [2.45, 2.75) is 25.0 Å². The number of carbonyl (C=O) groups is 1. The number of hydrogen-bond acceptors (Lipinski definition) is 6. The van der Waals surface area contributed by atoms with E-state index in [1.54, 1.807) is 12.3 Å². The molecule has 0 saturated carbocycles. The number of halogens is 3. The lowest BCUT2D eigenvalue weighted by Crippen LogP contribution is -2.15. The zero-order chi connectivity index (χ0) is 17.9. The molecule has 0 aliphatic heterocycles. The first kappa shape index (κ1) is 18.2. The van der Waals surface area contributed by atoms with Gasteiger partial charge in [-0.05, 0) is 19.9 Å². The van der Waals surface area contributed by atoms with Crippen molar-refractivity contribution in [1.29, 1.82) is 5.26 Å². The number of nitrogens with one attached hydrogen (secondary N) is 1. The Kier molecular flexibility index (Phi) is 5.46. The summed E-state index contributed by atoms with van der Waals surface area (Å²) in [4.78, 5) is 19.9. The maximum Gasteiger partial charge on any atom is 0.417 e. The molecule has 2 rings (SSSR count). The Morgan fingerprint density at radius 1 is 1.38 bits per heavy atom. The molecule has 2 aromatic heterocycles. The van der Waals surface area contributed by atoms with E-state index in [0.29, 0.717) is 5.13 Å². The van der Waals surface area contributed by atoms with Gasteiger partial charge in [0.15, 0.2) is 5.13 Å². The first-order chi connectivity index (χ1) is 11.2. The fourth-order valence-corrected chi connectivity index (χ4v) is 3.33. The summed E-state index contributed by atoms with van der Waals surface area (Å²) in [5.74, 6) is -0.615. The minimum atomic E-state index is -4.66. The molecule has 0 saturated heterocycles. The predicted molar refractivity (Wildman–Crippen MR) is 84.9 cm³/mol. The SMILES string of the molecule is Cc1csc(NC(=O)CSc2nc(C)cc(C(F)(F)F)c2C#N)n1. The highest BCUT2D eigenvalue weighted by atomic mass is 32.2. The lowest BCUT2D eigenvalue weighted by Gasteiger charge is -2.12. The Morgan fingerprint density at radius 3 is 2.62 bits per heavy atom. The van der Waals surface area contributed by atoms with Crippen LogP contribution in [0.25, 0.3) is 0 Å². The second kappa shape index (κ2) is 7.19. The quantitative estimate of drug-likeness (QED) is 0.827. The third-order valence-corrected chi connectivity index (χ3v) is 4.59. The van der Waals surface area contributed by atoms with Gasteiger partial charge >= 0.3 is 6.18 Å². The van der Waals surface area contributed by atoms with Gasteiger partial charge in [0, 0.05) is 11.1 Å². The molecule has 0 spiro atoms. The molecule has 10 heteroatoms. The molecule has 0 fully saturated rings. The number of pyridine rings is 1. The van der Waals surface area contributed by atoms with Gasteiger partial charge in [-0.2, -0.15) is 18.4 Å². The van der Waals surface area contributed by atoms with E-state index in [-0.39, 0.29) is 16.5 Å². The summed E-state index contributed by atoms with van der Waals surface area (Å²) >= 11 is 2.03. The van der Waals surface area contributed by atoms with Crippen LogP contribution in [0.4, 0.5) is 18.3 Å². The molecule has 1 amide bonds. The van der Waals surface area contributed by atoms with Crippen molar-refractivity contribution in [3.8, 4) is 6.07 Å². The van der Waals surface area contributed by atoms with Crippen LogP contribution in [0, 0.1) is 25.2 Å². The van der Waals surface area contributed by atoms with E-state index < -0.39 is 23.2 Å². The van der Waals surface area contributed by atoms with E-state index in [9.17, 15) is 18.0 Å². The van der Waals surface area contributed by atoms with Crippen LogP contribution in [-0.4, -0.2) is 21.6 Å². The lowest BCUT2D eigenvalue weighted by atomic mass is 10.1. The van der Waals surface area contributed by atoms with Gasteiger partial charge in [0.25, 0.3) is 0 Å². The lowest BCUT2D eigenvalue weighted by molar-refractivity contribution is -0.138. The van der Waals surface area contributed by atoms with Gasteiger partial charge in [-0.3, -0.25) is 4.79 Å². The molecule has 5 nitrogen and oxygen atoms in total. The van der Waals surface area contributed by atoms with E-state index in [4.69, 9.17) is 5.26 Å². The van der Waals surface area contributed by atoms with Crippen molar-refractivity contribution in [3.05, 3.63) is 34.0 Å². The summed E-state index contributed by atoms with van der Waals surface area (Å²) in [5, 5.41) is 13.6. The maximum atomic E-state index is 13.0. The highest BCUT2D eigenvalue weighted by Gasteiger charge is 2.35. The molecule has 0 bridgehead atoms. The highest BCUT2D eigenvalue weighted by Crippen LogP contribution is 2.35. The monoisotopic (exact) mass is 372 g/mol. The number of rotatable bonds is 4. The molecular weight excluding hydrogens is 361 g/mol. The van der Waals surface area contributed by atoms with E-state index in [1.807, 2.05) is 0 Å². The zero-order valence-electron chi connectivity index (χ0n) is 12.6. The third-order valence-electron chi connectivity index (χ3n) is 2.74. The van der Waals surface area contributed by atoms with Crippen molar-refractivity contribution in [2.75, 3.05) is 11.1 Å². The molecule has 0 radical (unpaired) electrons. The average Bonchev–Trinajstić information content (AvgIpc) is 2.88. The third kappa shape index (κ3) is 4.46. The summed E-state index contributed by atoms with van der Waals surface area (Å²) in [6, 6.07) is 2.35. The molecule has 1 N–H and O–H groups in total. The van der Waals surface area contributed by atoms with Crippen LogP contribution >= 0.6 is 23.1 Å². The van der Waals surface area contributed by atoms with Gasteiger partial charge in [-0.25, -0.2) is 9.97 Å². The largest absolute Gasteiger partial charge is 0.417 e. The van der Waals surface area contributed by atoms with Crippen LogP contribution in [-0.2, 0) is 11.0 Å². The summed E-state index contributed by atoms with van der Waals surface area (Å²) in [6.07, 6.45) is -4.66. The van der Waals surface area contributed by atoms with Gasteiger partial charge in [-0.1, -0.05) is 11.8 Å². The van der Waals surface area contributed by atoms with Gasteiger partial charge in [0.1, 0.15) is 11.1 Å². The molecule has 0 atom stereocenters. The van der Waals surface area contributed by atoms with E-state index in [2.05, 4.69) is 15.3 Å². The van der Waals surface area contributed by atoms with E-state index in [0.717, 1.165) is 23.5 Å². The fraction of sp³-hybridized carbons (Fsp3) is 0.286. The van der Waals surface area contributed by atoms with Crippen molar-refractivity contribution in [1.82, 2.24) is 9.97 Å². The summed E-state index contributed by atoms with van der Waals surface area (Å²) in [7, 11) is 0. The number of nitriles is 1. The van der Waals surface area contributed by atoms with Crippen molar-refractivity contribution >= 4 is 34.1 Å². The minimum absolute atomic E-state index is 0.115. The molecule has 0 unspecified atom stereocenters. The van der Waals surface area contributed by atoms with Gasteiger partial charge in [-0.15, -0.1) is 11.3 Å². The molecule has 0 aromatic carbocycles. The predicted octanol–water partition coefficient (Wildman–Crippen LogP) is 3.78. The Hall–Kier alpha value is -2.12. The summed E-state index contributed by atoms with van der Waals surface area (Å²) in [5.41, 5.74) is -0.739. The molecule has 126 valence electrons. The Bertz CT molecular complexity index is 811. The number of aryl methyl sites for hydroxylation is 2. The van der Waals surface area contributed by atoms with Crippen molar-refractivity contribution < 1.29 is 18.0 Å². The van der Waals surface area contributed by atoms with Crippen LogP contribution in [0.3, 0.4) is 0 Å². The fourth-order valence-electron chi connectivity index (χ4n) is 1.78. The van der Waals surface area contributed by atoms with Crippen LogP contribution in [0.5, 0.6) is 0 Å². The Balaban J connectivity index is 2.16. The maximum absolute atomic E-state index is 13.0. The second-order valence-electron chi connectivity index (χ2n) is 4.73. The Morgan fingerprint density at radius 2 is 2.08 bits per heavy atom. The molecule has 2 heterocycles. The number of carbonyl (C=O) groups excluding carboxylic acids is 1. The zero-order valence-corrected chi connectivity index (χ0v) is 14.2. The normalized spacial score (nSPS) is 11.2. The molecular formula is C14H11F3N4OS2. The molecule has 24 heavy (non-hydrogen) atoms. The first-order valence-corrected chi connectivity index (χ1v) is 8.41. The highest BCUT2D eigenvalue weighted by molar-refractivity contribution is 8.00. The Labute approximate surface area is 143 Å². The van der Waals surface area contributed by atoms with Crippen LogP contribution in [0.1, 0.15) is 22.5 Å². The second-order valence-corrected chi connectivity index (χ2v) is 6.55. The van der Waals surface area contributed by atoms with Gasteiger partial charge in [0.05, 0.1) is 22.6 Å². The first-order valence-electron chi connectivity index (χ1n) is 6.54. The van der Waals surface area contributed by atoms with E-state index >= 15 is 0 Å². The topological polar surface area (TPSA) is 78.7 Å². The number of anilines is 1.